The summed E-state index contributed by atoms with van der Waals surface area (Å²) in [4.78, 5) is 8.24. The molecule has 2 rings (SSSR count). The average molecular weight is 272 g/mol. The first-order valence-electron chi connectivity index (χ1n) is 6.01. The summed E-state index contributed by atoms with van der Waals surface area (Å²) in [5.74, 6) is 0.702. The quantitative estimate of drug-likeness (QED) is 0.908. The van der Waals surface area contributed by atoms with Gasteiger partial charge in [0.25, 0.3) is 0 Å². The number of nitrogens with zero attached hydrogens (tertiary/aromatic N) is 2. The zero-order chi connectivity index (χ0) is 12.1. The van der Waals surface area contributed by atoms with E-state index >= 15 is 0 Å². The third-order valence-corrected chi connectivity index (χ3v) is 5.12. The minimum absolute atomic E-state index is 0.346. The van der Waals surface area contributed by atoms with Gasteiger partial charge < -0.3 is 5.32 Å². The van der Waals surface area contributed by atoms with E-state index in [0.29, 0.717) is 15.7 Å². The standard InChI is InChI=1S/C12H18ClN3S/c1-17-12(5-3-2-4-6-12)9-16-11-10(13)14-7-8-15-11/h7-8H,2-6,9H2,1H3,(H,15,16). The second-order valence-corrected chi connectivity index (χ2v) is 6.13. The van der Waals surface area contributed by atoms with Crippen LogP contribution in [0.15, 0.2) is 12.4 Å². The van der Waals surface area contributed by atoms with Gasteiger partial charge >= 0.3 is 0 Å². The van der Waals surface area contributed by atoms with Crippen molar-refractivity contribution < 1.29 is 0 Å². The van der Waals surface area contributed by atoms with Crippen molar-refractivity contribution in [2.24, 2.45) is 0 Å². The average Bonchev–Trinajstić information content (AvgIpc) is 2.39. The SMILES string of the molecule is CSC1(CNc2nccnc2Cl)CCCCC1. The van der Waals surface area contributed by atoms with Crippen LogP contribution in [-0.2, 0) is 0 Å². The van der Waals surface area contributed by atoms with Crippen molar-refractivity contribution in [3.63, 3.8) is 0 Å². The van der Waals surface area contributed by atoms with Crippen LogP contribution in [0, 0.1) is 0 Å². The molecule has 17 heavy (non-hydrogen) atoms. The minimum atomic E-state index is 0.346. The summed E-state index contributed by atoms with van der Waals surface area (Å²) >= 11 is 7.95. The molecule has 0 atom stereocenters. The van der Waals surface area contributed by atoms with E-state index in [4.69, 9.17) is 11.6 Å². The maximum atomic E-state index is 5.99. The lowest BCUT2D eigenvalue weighted by Gasteiger charge is -2.36. The van der Waals surface area contributed by atoms with Gasteiger partial charge in [-0.15, -0.1) is 0 Å². The minimum Gasteiger partial charge on any atom is -0.366 e. The number of halogens is 1. The predicted molar refractivity (Wildman–Crippen MR) is 74.9 cm³/mol. The van der Waals surface area contributed by atoms with Crippen molar-refractivity contribution in [1.29, 1.82) is 0 Å². The van der Waals surface area contributed by atoms with E-state index in [-0.39, 0.29) is 0 Å². The summed E-state index contributed by atoms with van der Waals surface area (Å²) in [5.41, 5.74) is 0. The highest BCUT2D eigenvalue weighted by Gasteiger charge is 2.31. The monoisotopic (exact) mass is 271 g/mol. The van der Waals surface area contributed by atoms with Crippen molar-refractivity contribution in [1.82, 2.24) is 9.97 Å². The molecule has 0 aliphatic heterocycles. The summed E-state index contributed by atoms with van der Waals surface area (Å²) in [5, 5.41) is 3.81. The second-order valence-electron chi connectivity index (χ2n) is 4.50. The summed E-state index contributed by atoms with van der Waals surface area (Å²) < 4.78 is 0.346. The van der Waals surface area contributed by atoms with Crippen molar-refractivity contribution in [2.75, 3.05) is 18.1 Å². The highest BCUT2D eigenvalue weighted by atomic mass is 35.5. The molecule has 3 nitrogen and oxygen atoms in total. The van der Waals surface area contributed by atoms with Crippen LogP contribution in [0.4, 0.5) is 5.82 Å². The Hall–Kier alpha value is -0.480. The summed E-state index contributed by atoms with van der Waals surface area (Å²) in [6.07, 6.45) is 12.1. The zero-order valence-corrected chi connectivity index (χ0v) is 11.7. The smallest absolute Gasteiger partial charge is 0.171 e. The predicted octanol–water partition coefficient (Wildman–Crippen LogP) is 3.61. The van der Waals surface area contributed by atoms with Crippen LogP contribution >= 0.6 is 23.4 Å². The topological polar surface area (TPSA) is 37.8 Å². The Morgan fingerprint density at radius 1 is 1.29 bits per heavy atom. The molecule has 1 fully saturated rings. The van der Waals surface area contributed by atoms with Gasteiger partial charge in [-0.2, -0.15) is 11.8 Å². The van der Waals surface area contributed by atoms with Gasteiger partial charge in [0.2, 0.25) is 0 Å². The molecule has 0 saturated heterocycles. The van der Waals surface area contributed by atoms with Crippen LogP contribution in [0.1, 0.15) is 32.1 Å². The molecule has 0 aromatic carbocycles. The molecule has 1 heterocycles. The highest BCUT2D eigenvalue weighted by molar-refractivity contribution is 8.00. The first-order chi connectivity index (χ1) is 8.26. The number of hydrogen-bond acceptors (Lipinski definition) is 4. The summed E-state index contributed by atoms with van der Waals surface area (Å²) in [6, 6.07) is 0. The van der Waals surface area contributed by atoms with Crippen LogP contribution in [-0.4, -0.2) is 27.5 Å². The fourth-order valence-corrected chi connectivity index (χ4v) is 3.42. The summed E-state index contributed by atoms with van der Waals surface area (Å²) in [6.45, 7) is 0.923. The van der Waals surface area contributed by atoms with Crippen LogP contribution < -0.4 is 5.32 Å². The lowest BCUT2D eigenvalue weighted by atomic mass is 9.88. The Balaban J connectivity index is 1.98. The Labute approximate surface area is 112 Å². The van der Waals surface area contributed by atoms with Gasteiger partial charge in [-0.05, 0) is 19.1 Å². The molecule has 1 aliphatic carbocycles. The Morgan fingerprint density at radius 3 is 2.65 bits per heavy atom. The maximum absolute atomic E-state index is 5.99. The highest BCUT2D eigenvalue weighted by Crippen LogP contribution is 2.38. The molecule has 1 saturated carbocycles. The Bertz CT molecular complexity index is 367. The van der Waals surface area contributed by atoms with E-state index < -0.39 is 0 Å². The fraction of sp³-hybridized carbons (Fsp3) is 0.667. The van der Waals surface area contributed by atoms with Crippen molar-refractivity contribution in [3.8, 4) is 0 Å². The molecule has 0 amide bonds. The van der Waals surface area contributed by atoms with Gasteiger partial charge in [0.05, 0.1) is 0 Å². The van der Waals surface area contributed by atoms with Gasteiger partial charge in [0.15, 0.2) is 11.0 Å². The summed E-state index contributed by atoms with van der Waals surface area (Å²) in [7, 11) is 0. The molecule has 0 radical (unpaired) electrons. The molecule has 1 aliphatic rings. The molecule has 0 bridgehead atoms. The Kier molecular flexibility index (Phi) is 4.51. The normalized spacial score (nSPS) is 18.9. The van der Waals surface area contributed by atoms with E-state index in [0.717, 1.165) is 6.54 Å². The Morgan fingerprint density at radius 2 is 2.00 bits per heavy atom. The van der Waals surface area contributed by atoms with Crippen molar-refractivity contribution >= 4 is 29.2 Å². The van der Waals surface area contributed by atoms with Gasteiger partial charge in [-0.3, -0.25) is 0 Å². The third-order valence-electron chi connectivity index (χ3n) is 3.43. The third kappa shape index (κ3) is 3.26. The number of anilines is 1. The molecular weight excluding hydrogens is 254 g/mol. The molecule has 1 aromatic heterocycles. The van der Waals surface area contributed by atoms with E-state index in [9.17, 15) is 0 Å². The fourth-order valence-electron chi connectivity index (χ4n) is 2.33. The molecule has 1 N–H and O–H groups in total. The van der Waals surface area contributed by atoms with E-state index in [1.54, 1.807) is 12.4 Å². The van der Waals surface area contributed by atoms with Gasteiger partial charge in [0, 0.05) is 23.7 Å². The second kappa shape index (κ2) is 5.91. The molecule has 0 unspecified atom stereocenters. The van der Waals surface area contributed by atoms with Gasteiger partial charge in [-0.1, -0.05) is 30.9 Å². The number of hydrogen-bond donors (Lipinski definition) is 1. The van der Waals surface area contributed by atoms with Crippen molar-refractivity contribution in [2.45, 2.75) is 36.9 Å². The lowest BCUT2D eigenvalue weighted by molar-refractivity contribution is 0.411. The number of nitrogens with one attached hydrogen (secondary N) is 1. The lowest BCUT2D eigenvalue weighted by Crippen LogP contribution is -2.35. The number of aromatic nitrogens is 2. The number of rotatable bonds is 4. The molecule has 0 spiro atoms. The first kappa shape index (κ1) is 13.0. The van der Waals surface area contributed by atoms with E-state index in [2.05, 4.69) is 21.5 Å². The largest absolute Gasteiger partial charge is 0.366 e. The molecule has 5 heteroatoms. The van der Waals surface area contributed by atoms with Gasteiger partial charge in [0.1, 0.15) is 0 Å². The molecule has 1 aromatic rings. The van der Waals surface area contributed by atoms with Crippen LogP contribution in [0.3, 0.4) is 0 Å². The molecule has 94 valence electrons. The number of thioether (sulfide) groups is 1. The molecular formula is C12H18ClN3S. The van der Waals surface area contributed by atoms with Crippen molar-refractivity contribution in [3.05, 3.63) is 17.5 Å². The van der Waals surface area contributed by atoms with Gasteiger partial charge in [-0.25, -0.2) is 9.97 Å². The van der Waals surface area contributed by atoms with Crippen LogP contribution in [0.25, 0.3) is 0 Å². The zero-order valence-electron chi connectivity index (χ0n) is 10.1. The van der Waals surface area contributed by atoms with Crippen LogP contribution in [0.2, 0.25) is 5.15 Å². The van der Waals surface area contributed by atoms with E-state index in [1.807, 2.05) is 11.8 Å². The first-order valence-corrected chi connectivity index (χ1v) is 7.62. The van der Waals surface area contributed by atoms with E-state index in [1.165, 1.54) is 32.1 Å². The maximum Gasteiger partial charge on any atom is 0.171 e. The van der Waals surface area contributed by atoms with Crippen LogP contribution in [0.5, 0.6) is 0 Å².